The van der Waals surface area contributed by atoms with Crippen LogP contribution in [0, 0.1) is 6.92 Å². The highest BCUT2D eigenvalue weighted by Gasteiger charge is 2.19. The maximum Gasteiger partial charge on any atom is 0.344 e. The van der Waals surface area contributed by atoms with Crippen molar-refractivity contribution in [2.75, 3.05) is 17.5 Å². The van der Waals surface area contributed by atoms with Crippen molar-refractivity contribution in [3.8, 4) is 34.0 Å². The van der Waals surface area contributed by atoms with Gasteiger partial charge in [-0.2, -0.15) is 0 Å². The van der Waals surface area contributed by atoms with Crippen LogP contribution in [0.5, 0.6) is 11.5 Å². The Morgan fingerprint density at radius 2 is 1.97 bits per heavy atom. The Bertz CT molecular complexity index is 1240. The van der Waals surface area contributed by atoms with Gasteiger partial charge in [0.1, 0.15) is 17.3 Å². The summed E-state index contributed by atoms with van der Waals surface area (Å²) in [6.07, 6.45) is -0.966. The van der Waals surface area contributed by atoms with Gasteiger partial charge in [-0.05, 0) is 61.7 Å². The molecular weight excluding hydrogens is 414 g/mol. The fraction of sp³-hybridized carbons (Fsp3) is 0.227. The molecular formula is C22H23N5O5. The quantitative estimate of drug-likeness (QED) is 0.378. The maximum atomic E-state index is 12.3. The average Bonchev–Trinajstić information content (AvgIpc) is 3.23. The zero-order chi connectivity index (χ0) is 22.8. The van der Waals surface area contributed by atoms with Gasteiger partial charge in [-0.3, -0.25) is 15.6 Å². The molecule has 0 amide bonds. The minimum Gasteiger partial charge on any atom is -0.493 e. The van der Waals surface area contributed by atoms with E-state index in [0.717, 1.165) is 16.7 Å². The highest BCUT2D eigenvalue weighted by molar-refractivity contribution is 5.77. The normalized spacial score (nSPS) is 13.0. The second kappa shape index (κ2) is 8.60. The monoisotopic (exact) mass is 437 g/mol. The second-order valence-corrected chi connectivity index (χ2v) is 7.29. The lowest BCUT2D eigenvalue weighted by Crippen LogP contribution is -2.22. The van der Waals surface area contributed by atoms with E-state index in [1.54, 1.807) is 12.1 Å². The number of anilines is 2. The van der Waals surface area contributed by atoms with Gasteiger partial charge in [-0.25, -0.2) is 9.78 Å². The number of rotatable bonds is 7. The maximum absolute atomic E-state index is 12.3. The highest BCUT2D eigenvalue weighted by atomic mass is 16.5. The molecule has 0 bridgehead atoms. The number of nitrogens with zero attached hydrogens (tertiary/aromatic N) is 1. The minimum atomic E-state index is -1.04. The van der Waals surface area contributed by atoms with Crippen molar-refractivity contribution in [3.63, 3.8) is 0 Å². The Balaban J connectivity index is 1.74. The molecule has 1 aliphatic rings. The Kier molecular flexibility index (Phi) is 5.69. The van der Waals surface area contributed by atoms with Crippen molar-refractivity contribution in [2.24, 2.45) is 0 Å². The lowest BCUT2D eigenvalue weighted by molar-refractivity contribution is -0.144. The molecule has 10 heteroatoms. The minimum absolute atomic E-state index is 0.311. The first-order chi connectivity index (χ1) is 15.4. The smallest absolute Gasteiger partial charge is 0.344 e. The molecule has 2 aromatic carbocycles. The highest BCUT2D eigenvalue weighted by Crippen LogP contribution is 2.35. The van der Waals surface area contributed by atoms with Gasteiger partial charge in [0, 0.05) is 0 Å². The van der Waals surface area contributed by atoms with Gasteiger partial charge in [0.2, 0.25) is 0 Å². The van der Waals surface area contributed by atoms with Gasteiger partial charge in [0.25, 0.3) is 5.56 Å². The molecule has 0 saturated carbocycles. The molecule has 166 valence electrons. The van der Waals surface area contributed by atoms with Crippen LogP contribution in [0.4, 0.5) is 11.5 Å². The molecule has 1 aromatic heterocycles. The lowest BCUT2D eigenvalue weighted by Gasteiger charge is -2.15. The third-order valence-corrected chi connectivity index (χ3v) is 4.87. The van der Waals surface area contributed by atoms with Crippen LogP contribution < -0.4 is 31.4 Å². The predicted molar refractivity (Wildman–Crippen MR) is 120 cm³/mol. The Hall–Kier alpha value is -4.05. The number of H-pyrrole nitrogens is 1. The van der Waals surface area contributed by atoms with E-state index in [1.165, 1.54) is 6.92 Å². The number of aromatic amines is 1. The van der Waals surface area contributed by atoms with Crippen LogP contribution in [0.2, 0.25) is 0 Å². The fourth-order valence-corrected chi connectivity index (χ4v) is 3.37. The van der Waals surface area contributed by atoms with Crippen molar-refractivity contribution in [1.82, 2.24) is 15.5 Å². The number of ether oxygens (including phenoxy) is 2. The fourth-order valence-electron chi connectivity index (χ4n) is 3.37. The SMILES string of the molecule is CCOc1cc(-c2cc(C)cc(O[C@H](C)C(=O)O)c2)ccc1-c1nc2c(c(=O)[nH]1)NNN2. The number of carbonyl (C=O) groups is 1. The summed E-state index contributed by atoms with van der Waals surface area (Å²) in [6.45, 7) is 5.69. The molecule has 5 N–H and O–H groups in total. The molecule has 0 fully saturated rings. The van der Waals surface area contributed by atoms with Crippen molar-refractivity contribution >= 4 is 17.5 Å². The third-order valence-electron chi connectivity index (χ3n) is 4.87. The number of carboxylic acids is 1. The number of hydrogen-bond donors (Lipinski definition) is 5. The molecule has 10 nitrogen and oxygen atoms in total. The summed E-state index contributed by atoms with van der Waals surface area (Å²) >= 11 is 0. The first-order valence-electron chi connectivity index (χ1n) is 10.1. The van der Waals surface area contributed by atoms with Crippen molar-refractivity contribution in [2.45, 2.75) is 26.9 Å². The Morgan fingerprint density at radius 3 is 2.72 bits per heavy atom. The van der Waals surface area contributed by atoms with Gasteiger partial charge in [-0.15, -0.1) is 5.53 Å². The zero-order valence-electron chi connectivity index (χ0n) is 17.8. The van der Waals surface area contributed by atoms with Crippen molar-refractivity contribution < 1.29 is 19.4 Å². The van der Waals surface area contributed by atoms with E-state index in [0.29, 0.717) is 41.0 Å². The molecule has 32 heavy (non-hydrogen) atoms. The number of benzene rings is 2. The number of carboxylic acid groups (broad SMARTS) is 1. The standard InChI is InChI=1S/C22H23N5O5/c1-4-31-17-10-13(14-7-11(2)8-15(9-14)32-12(3)22(29)30)5-6-16(17)19-23-20-18(21(28)24-19)25-27-26-20/h5-10,12,25,27H,4H2,1-3H3,(H,29,30)(H2,23,24,26,28)/t12-/m1/s1. The van der Waals surface area contributed by atoms with Crippen LogP contribution in [-0.4, -0.2) is 33.8 Å². The van der Waals surface area contributed by atoms with E-state index in [4.69, 9.17) is 14.6 Å². The van der Waals surface area contributed by atoms with Gasteiger partial charge >= 0.3 is 5.97 Å². The lowest BCUT2D eigenvalue weighted by atomic mass is 10.0. The van der Waals surface area contributed by atoms with Gasteiger partial charge in [-0.1, -0.05) is 12.1 Å². The molecule has 4 rings (SSSR count). The molecule has 0 spiro atoms. The number of hydrazine groups is 2. The van der Waals surface area contributed by atoms with E-state index >= 15 is 0 Å². The first kappa shape index (κ1) is 21.2. The van der Waals surface area contributed by atoms with E-state index in [2.05, 4.69) is 26.4 Å². The summed E-state index contributed by atoms with van der Waals surface area (Å²) in [5, 5.41) is 9.13. The van der Waals surface area contributed by atoms with Crippen LogP contribution in [0.1, 0.15) is 19.4 Å². The van der Waals surface area contributed by atoms with Gasteiger partial charge in [0.15, 0.2) is 17.6 Å². The topological polar surface area (TPSA) is 138 Å². The molecule has 0 radical (unpaired) electrons. The summed E-state index contributed by atoms with van der Waals surface area (Å²) in [7, 11) is 0. The third kappa shape index (κ3) is 4.21. The number of aliphatic carboxylic acids is 1. The van der Waals surface area contributed by atoms with Crippen LogP contribution in [0.25, 0.3) is 22.5 Å². The summed E-state index contributed by atoms with van der Waals surface area (Å²) in [4.78, 5) is 30.7. The molecule has 0 saturated heterocycles. The van der Waals surface area contributed by atoms with Crippen LogP contribution in [0.3, 0.4) is 0 Å². The van der Waals surface area contributed by atoms with Crippen LogP contribution >= 0.6 is 0 Å². The molecule has 0 aliphatic carbocycles. The summed E-state index contributed by atoms with van der Waals surface area (Å²) in [6, 6.07) is 11.1. The Morgan fingerprint density at radius 1 is 1.16 bits per heavy atom. The summed E-state index contributed by atoms with van der Waals surface area (Å²) in [5.74, 6) is 0.739. The van der Waals surface area contributed by atoms with Crippen molar-refractivity contribution in [3.05, 3.63) is 52.3 Å². The van der Waals surface area contributed by atoms with Crippen LogP contribution in [0.15, 0.2) is 41.2 Å². The van der Waals surface area contributed by atoms with Gasteiger partial charge < -0.3 is 19.6 Å². The van der Waals surface area contributed by atoms with E-state index in [1.807, 2.05) is 38.1 Å². The summed E-state index contributed by atoms with van der Waals surface area (Å²) in [5.41, 5.74) is 11.4. The number of aromatic nitrogens is 2. The number of hydrogen-bond acceptors (Lipinski definition) is 8. The van der Waals surface area contributed by atoms with Gasteiger partial charge in [0.05, 0.1) is 12.2 Å². The van der Waals surface area contributed by atoms with E-state index in [9.17, 15) is 9.59 Å². The zero-order valence-corrected chi connectivity index (χ0v) is 17.8. The number of fused-ring (bicyclic) bond motifs is 1. The number of nitrogens with one attached hydrogen (secondary N) is 4. The Labute approximate surface area is 183 Å². The summed E-state index contributed by atoms with van der Waals surface area (Å²) < 4.78 is 11.4. The van der Waals surface area contributed by atoms with Crippen molar-refractivity contribution in [1.29, 1.82) is 0 Å². The van der Waals surface area contributed by atoms with E-state index < -0.39 is 12.1 Å². The molecule has 3 aromatic rings. The van der Waals surface area contributed by atoms with Crippen LogP contribution in [-0.2, 0) is 4.79 Å². The average molecular weight is 437 g/mol. The largest absolute Gasteiger partial charge is 0.493 e. The second-order valence-electron chi connectivity index (χ2n) is 7.29. The molecule has 2 heterocycles. The predicted octanol–water partition coefficient (Wildman–Crippen LogP) is 2.92. The molecule has 1 atom stereocenters. The molecule has 1 aliphatic heterocycles. The number of aryl methyl sites for hydroxylation is 1. The first-order valence-corrected chi connectivity index (χ1v) is 10.1. The van der Waals surface area contributed by atoms with E-state index in [-0.39, 0.29) is 5.56 Å². The molecule has 0 unspecified atom stereocenters.